The van der Waals surface area contributed by atoms with Crippen molar-refractivity contribution in [3.8, 4) is 0 Å². The molecule has 0 aliphatic carbocycles. The number of hydrogen-bond donors (Lipinski definition) is 1. The number of unbranched alkanes of at least 4 members (excludes halogenated alkanes) is 1. The van der Waals surface area contributed by atoms with Crippen molar-refractivity contribution in [3.05, 3.63) is 0 Å². The van der Waals surface area contributed by atoms with Crippen molar-refractivity contribution in [2.45, 2.75) is 73.1 Å². The SMILES string of the molecule is CCCCOCC(CC)(COC)COCC(CC)(COC)COCC(CC)(COC)COCC(CC)(CO)COC. The van der Waals surface area contributed by atoms with Crippen LogP contribution in [0.5, 0.6) is 0 Å². The molecule has 0 fully saturated rings. The summed E-state index contributed by atoms with van der Waals surface area (Å²) in [5.41, 5.74) is -1.19. The van der Waals surface area contributed by atoms with E-state index in [0.29, 0.717) is 72.7 Å². The molecule has 0 saturated heterocycles. The summed E-state index contributed by atoms with van der Waals surface area (Å²) in [4.78, 5) is 0. The Kier molecular flexibility index (Phi) is 22.9. The summed E-state index contributed by atoms with van der Waals surface area (Å²) in [6.45, 7) is 17.1. The largest absolute Gasteiger partial charge is 0.396 e. The molecule has 4 atom stereocenters. The van der Waals surface area contributed by atoms with Crippen molar-refractivity contribution < 1.29 is 43.0 Å². The van der Waals surface area contributed by atoms with Gasteiger partial charge in [0.1, 0.15) is 0 Å². The van der Waals surface area contributed by atoms with Crippen molar-refractivity contribution >= 4 is 0 Å². The molecule has 0 spiro atoms. The first kappa shape index (κ1) is 40.6. The molecule has 0 heterocycles. The number of rotatable bonds is 30. The summed E-state index contributed by atoms with van der Waals surface area (Å²) in [5, 5.41) is 9.99. The van der Waals surface area contributed by atoms with Crippen molar-refractivity contribution in [2.75, 3.05) is 114 Å². The van der Waals surface area contributed by atoms with E-state index in [-0.39, 0.29) is 22.9 Å². The summed E-state index contributed by atoms with van der Waals surface area (Å²) in [6.07, 6.45) is 5.52. The van der Waals surface area contributed by atoms with Gasteiger partial charge >= 0.3 is 0 Å². The smallest absolute Gasteiger partial charge is 0.0566 e. The fourth-order valence-electron chi connectivity index (χ4n) is 4.95. The second-order valence-electron chi connectivity index (χ2n) is 12.2. The maximum Gasteiger partial charge on any atom is 0.0566 e. The highest BCUT2D eigenvalue weighted by Crippen LogP contribution is 2.31. The van der Waals surface area contributed by atoms with Gasteiger partial charge in [0.15, 0.2) is 0 Å². The summed E-state index contributed by atoms with van der Waals surface area (Å²) < 4.78 is 47.3. The highest BCUT2D eigenvalue weighted by atomic mass is 16.5. The van der Waals surface area contributed by atoms with Crippen LogP contribution in [0.15, 0.2) is 0 Å². The van der Waals surface area contributed by atoms with Gasteiger partial charge in [-0.2, -0.15) is 0 Å². The van der Waals surface area contributed by atoms with E-state index in [9.17, 15) is 5.11 Å². The topological polar surface area (TPSA) is 94.1 Å². The van der Waals surface area contributed by atoms with Gasteiger partial charge in [-0.25, -0.2) is 0 Å². The minimum atomic E-state index is -0.410. The summed E-state index contributed by atoms with van der Waals surface area (Å²) in [5.74, 6) is 0. The van der Waals surface area contributed by atoms with Crippen LogP contribution in [-0.2, 0) is 37.9 Å². The molecular weight excluding hydrogens is 528 g/mol. The van der Waals surface area contributed by atoms with Gasteiger partial charge in [0, 0.05) is 56.7 Å². The zero-order valence-corrected chi connectivity index (χ0v) is 28.1. The molecule has 9 nitrogen and oxygen atoms in total. The quantitative estimate of drug-likeness (QED) is 0.115. The van der Waals surface area contributed by atoms with Crippen LogP contribution in [0.1, 0.15) is 73.1 Å². The predicted molar refractivity (Wildman–Crippen MR) is 164 cm³/mol. The minimum absolute atomic E-state index is 0.0157. The molecule has 0 aromatic heterocycles. The molecule has 4 unspecified atom stereocenters. The van der Waals surface area contributed by atoms with E-state index in [0.717, 1.165) is 45.1 Å². The lowest BCUT2D eigenvalue weighted by molar-refractivity contribution is -0.126. The lowest BCUT2D eigenvalue weighted by Crippen LogP contribution is -2.43. The third kappa shape index (κ3) is 14.8. The fraction of sp³-hybridized carbons (Fsp3) is 1.00. The highest BCUT2D eigenvalue weighted by molar-refractivity contribution is 4.84. The average Bonchev–Trinajstić information content (AvgIpc) is 2.98. The molecule has 248 valence electrons. The zero-order chi connectivity index (χ0) is 31.1. The molecule has 0 rings (SSSR count). The van der Waals surface area contributed by atoms with Gasteiger partial charge in [-0.05, 0) is 32.1 Å². The molecule has 0 radical (unpaired) electrons. The second kappa shape index (κ2) is 23.1. The van der Waals surface area contributed by atoms with E-state index >= 15 is 0 Å². The Morgan fingerprint density at radius 1 is 0.415 bits per heavy atom. The maximum atomic E-state index is 9.99. The van der Waals surface area contributed by atoms with Crippen LogP contribution in [0.2, 0.25) is 0 Å². The number of aliphatic hydroxyl groups excluding tert-OH is 1. The summed E-state index contributed by atoms with van der Waals surface area (Å²) >= 11 is 0. The lowest BCUT2D eigenvalue weighted by atomic mass is 9.85. The second-order valence-corrected chi connectivity index (χ2v) is 12.2. The van der Waals surface area contributed by atoms with Gasteiger partial charge in [-0.15, -0.1) is 0 Å². The van der Waals surface area contributed by atoms with Gasteiger partial charge < -0.3 is 43.0 Å². The first-order valence-corrected chi connectivity index (χ1v) is 15.6. The Morgan fingerprint density at radius 2 is 0.707 bits per heavy atom. The monoisotopic (exact) mass is 594 g/mol. The lowest BCUT2D eigenvalue weighted by Gasteiger charge is -2.38. The number of methoxy groups -OCH3 is 4. The normalized spacial score (nSPS) is 18.0. The van der Waals surface area contributed by atoms with Gasteiger partial charge in [0.25, 0.3) is 0 Å². The molecule has 0 aliphatic heterocycles. The van der Waals surface area contributed by atoms with Gasteiger partial charge in [-0.3, -0.25) is 0 Å². The summed E-state index contributed by atoms with van der Waals surface area (Å²) in [7, 11) is 6.82. The zero-order valence-electron chi connectivity index (χ0n) is 28.1. The Hall–Kier alpha value is -0.360. The van der Waals surface area contributed by atoms with Crippen LogP contribution in [0.4, 0.5) is 0 Å². The van der Waals surface area contributed by atoms with Crippen molar-refractivity contribution in [1.82, 2.24) is 0 Å². The Labute approximate surface area is 252 Å². The molecule has 0 aliphatic rings. The number of ether oxygens (including phenoxy) is 8. The van der Waals surface area contributed by atoms with Gasteiger partial charge in [-0.1, -0.05) is 41.0 Å². The molecular formula is C32H66O9. The van der Waals surface area contributed by atoms with Crippen LogP contribution < -0.4 is 0 Å². The molecule has 0 bridgehead atoms. The Morgan fingerprint density at radius 3 is 0.976 bits per heavy atom. The fourth-order valence-corrected chi connectivity index (χ4v) is 4.95. The van der Waals surface area contributed by atoms with Gasteiger partial charge in [0.05, 0.1) is 79.3 Å². The van der Waals surface area contributed by atoms with Gasteiger partial charge in [0.2, 0.25) is 0 Å². The predicted octanol–water partition coefficient (Wildman–Crippen LogP) is 5.02. The third-order valence-corrected chi connectivity index (χ3v) is 8.64. The third-order valence-electron chi connectivity index (χ3n) is 8.64. The molecule has 0 amide bonds. The van der Waals surface area contributed by atoms with Crippen molar-refractivity contribution in [3.63, 3.8) is 0 Å². The van der Waals surface area contributed by atoms with E-state index < -0.39 is 5.41 Å². The van der Waals surface area contributed by atoms with E-state index in [1.54, 1.807) is 28.4 Å². The van der Waals surface area contributed by atoms with Crippen LogP contribution in [0.25, 0.3) is 0 Å². The van der Waals surface area contributed by atoms with Crippen molar-refractivity contribution in [2.24, 2.45) is 21.7 Å². The van der Waals surface area contributed by atoms with Crippen LogP contribution >= 0.6 is 0 Å². The number of aliphatic hydroxyl groups is 1. The molecule has 0 saturated carbocycles. The molecule has 41 heavy (non-hydrogen) atoms. The Balaban J connectivity index is 5.35. The molecule has 1 N–H and O–H groups in total. The molecule has 9 heteroatoms. The first-order chi connectivity index (χ1) is 19.7. The van der Waals surface area contributed by atoms with Crippen LogP contribution in [0.3, 0.4) is 0 Å². The highest BCUT2D eigenvalue weighted by Gasteiger charge is 2.36. The molecule has 0 aromatic carbocycles. The van der Waals surface area contributed by atoms with Crippen molar-refractivity contribution in [1.29, 1.82) is 0 Å². The standard InChI is InChI=1S/C32H66O9/c1-10-15-16-38-23-30(12-3,19-35-7)24-40-27-32(14-5,21-37-9)28-41-26-31(13-4,20-36-8)25-39-22-29(11-2,17-33)18-34-6/h33H,10-28H2,1-9H3. The first-order valence-electron chi connectivity index (χ1n) is 15.6. The Bertz CT molecular complexity index is 604. The van der Waals surface area contributed by atoms with Crippen LogP contribution in [0, 0.1) is 21.7 Å². The van der Waals surface area contributed by atoms with E-state index in [1.807, 2.05) is 6.92 Å². The number of hydrogen-bond acceptors (Lipinski definition) is 9. The molecule has 0 aromatic rings. The van der Waals surface area contributed by atoms with E-state index in [4.69, 9.17) is 37.9 Å². The average molecular weight is 595 g/mol. The van der Waals surface area contributed by atoms with E-state index in [1.165, 1.54) is 0 Å². The minimum Gasteiger partial charge on any atom is -0.396 e. The summed E-state index contributed by atoms with van der Waals surface area (Å²) in [6, 6.07) is 0. The van der Waals surface area contributed by atoms with E-state index in [2.05, 4.69) is 27.7 Å². The maximum absolute atomic E-state index is 9.99. The van der Waals surface area contributed by atoms with Crippen LogP contribution in [-0.4, -0.2) is 119 Å².